The van der Waals surface area contributed by atoms with E-state index in [1.165, 1.54) is 24.8 Å². The first-order valence-electron chi connectivity index (χ1n) is 12.4. The van der Waals surface area contributed by atoms with E-state index in [2.05, 4.69) is 15.3 Å². The molecule has 0 radical (unpaired) electrons. The summed E-state index contributed by atoms with van der Waals surface area (Å²) in [6, 6.07) is -1.03. The van der Waals surface area contributed by atoms with Gasteiger partial charge in [0.05, 0.1) is 18.1 Å². The van der Waals surface area contributed by atoms with Crippen molar-refractivity contribution in [2.24, 2.45) is 11.7 Å². The molecule has 1 saturated heterocycles. The number of hydrogen-bond acceptors (Lipinski definition) is 11. The molecule has 1 aliphatic heterocycles. The summed E-state index contributed by atoms with van der Waals surface area (Å²) < 4.78 is 23.2. The second-order valence-corrected chi connectivity index (χ2v) is 11.0. The lowest BCUT2D eigenvalue weighted by Gasteiger charge is -2.27. The molecule has 0 aliphatic carbocycles. The average Bonchev–Trinajstić information content (AvgIpc) is 3.28. The number of aryl methyl sites for hydroxylation is 1. The Kier molecular flexibility index (Phi) is 8.43. The van der Waals surface area contributed by atoms with Crippen LogP contribution >= 0.6 is 0 Å². The topological polar surface area (TPSA) is 197 Å². The number of ether oxygens (including phenoxy) is 4. The summed E-state index contributed by atoms with van der Waals surface area (Å²) in [5.41, 5.74) is 3.11. The van der Waals surface area contributed by atoms with Crippen molar-refractivity contribution in [3.8, 4) is 5.88 Å². The molecule has 1 aliphatic rings. The van der Waals surface area contributed by atoms with Crippen molar-refractivity contribution in [1.82, 2.24) is 19.9 Å². The van der Waals surface area contributed by atoms with E-state index in [1.54, 1.807) is 41.5 Å². The Labute approximate surface area is 225 Å². The Balaban J connectivity index is 1.84. The molecular formula is C25H37N5O9. The number of alkyl carbamates (subject to hydrolysis) is 1. The van der Waals surface area contributed by atoms with Gasteiger partial charge >= 0.3 is 12.1 Å². The van der Waals surface area contributed by atoms with E-state index in [4.69, 9.17) is 24.7 Å². The van der Waals surface area contributed by atoms with Gasteiger partial charge in [-0.3, -0.25) is 4.79 Å². The van der Waals surface area contributed by atoms with Crippen LogP contribution in [0.3, 0.4) is 0 Å². The van der Waals surface area contributed by atoms with Crippen molar-refractivity contribution in [1.29, 1.82) is 0 Å². The Morgan fingerprint density at radius 1 is 1.28 bits per heavy atom. The Bertz CT molecular complexity index is 1250. The van der Waals surface area contributed by atoms with Crippen molar-refractivity contribution in [3.63, 3.8) is 0 Å². The van der Waals surface area contributed by atoms with E-state index < -0.39 is 60.3 Å². The quantitative estimate of drug-likeness (QED) is 0.341. The summed E-state index contributed by atoms with van der Waals surface area (Å²) in [5, 5.41) is 24.9. The van der Waals surface area contributed by atoms with Gasteiger partial charge in [0.2, 0.25) is 5.88 Å². The Morgan fingerprint density at radius 2 is 1.92 bits per heavy atom. The fraction of sp³-hybridized carbons (Fsp3) is 0.640. The Morgan fingerprint density at radius 3 is 2.46 bits per heavy atom. The summed E-state index contributed by atoms with van der Waals surface area (Å²) in [5.74, 6) is -1.48. The van der Waals surface area contributed by atoms with Gasteiger partial charge < -0.3 is 44.8 Å². The minimum atomic E-state index is -1.91. The molecule has 14 nitrogen and oxygen atoms in total. The summed E-state index contributed by atoms with van der Waals surface area (Å²) in [4.78, 5) is 45.8. The molecular weight excluding hydrogens is 514 g/mol. The normalized spacial score (nSPS) is 24.0. The van der Waals surface area contributed by atoms with Crippen LogP contribution < -0.4 is 15.8 Å². The number of fused-ring (bicyclic) bond motifs is 1. The van der Waals surface area contributed by atoms with Crippen molar-refractivity contribution in [2.45, 2.75) is 84.1 Å². The van der Waals surface area contributed by atoms with E-state index in [9.17, 15) is 24.6 Å². The molecule has 2 amide bonds. The van der Waals surface area contributed by atoms with Gasteiger partial charge in [-0.25, -0.2) is 14.6 Å². The zero-order chi connectivity index (χ0) is 29.4. The molecule has 0 unspecified atom stereocenters. The van der Waals surface area contributed by atoms with Gasteiger partial charge in [0.1, 0.15) is 41.9 Å². The molecule has 1 fully saturated rings. The van der Waals surface area contributed by atoms with Crippen LogP contribution in [-0.2, 0) is 19.0 Å². The maximum Gasteiger partial charge on any atom is 0.408 e. The molecule has 39 heavy (non-hydrogen) atoms. The summed E-state index contributed by atoms with van der Waals surface area (Å²) in [6.07, 6.45) is -3.38. The van der Waals surface area contributed by atoms with Crippen LogP contribution in [0.15, 0.2) is 6.20 Å². The minimum absolute atomic E-state index is 0.0265. The van der Waals surface area contributed by atoms with E-state index in [1.807, 2.05) is 0 Å². The van der Waals surface area contributed by atoms with Crippen LogP contribution in [0.25, 0.3) is 11.0 Å². The van der Waals surface area contributed by atoms with Gasteiger partial charge in [-0.15, -0.1) is 0 Å². The number of nitrogens with two attached hydrogens (primary N) is 1. The van der Waals surface area contributed by atoms with Gasteiger partial charge in [0, 0.05) is 6.20 Å². The zero-order valence-electron chi connectivity index (χ0n) is 23.3. The van der Waals surface area contributed by atoms with Crippen molar-refractivity contribution in [3.05, 3.63) is 17.6 Å². The van der Waals surface area contributed by atoms with Crippen molar-refractivity contribution >= 4 is 29.0 Å². The van der Waals surface area contributed by atoms with E-state index in [0.29, 0.717) is 5.82 Å². The molecule has 2 aromatic heterocycles. The number of nitrogens with zero attached hydrogens (tertiary/aromatic N) is 3. The molecule has 0 aromatic carbocycles. The molecule has 3 rings (SSSR count). The van der Waals surface area contributed by atoms with Crippen molar-refractivity contribution < 1.29 is 43.5 Å². The van der Waals surface area contributed by atoms with Crippen LogP contribution in [0.2, 0.25) is 0 Å². The number of rotatable bonds is 8. The lowest BCUT2D eigenvalue weighted by atomic mass is 9.96. The zero-order valence-corrected chi connectivity index (χ0v) is 23.3. The number of methoxy groups -OCH3 is 1. The third-order valence-electron chi connectivity index (χ3n) is 6.20. The smallest absolute Gasteiger partial charge is 0.408 e. The monoisotopic (exact) mass is 551 g/mol. The minimum Gasteiger partial charge on any atom is -0.480 e. The number of aliphatic hydroxyl groups excluding tert-OH is 1. The molecule has 5 atom stereocenters. The van der Waals surface area contributed by atoms with Gasteiger partial charge in [0.15, 0.2) is 11.9 Å². The number of primary amides is 1. The first-order valence-corrected chi connectivity index (χ1v) is 12.4. The van der Waals surface area contributed by atoms with Crippen molar-refractivity contribution in [2.75, 3.05) is 13.7 Å². The highest BCUT2D eigenvalue weighted by atomic mass is 16.6. The van der Waals surface area contributed by atoms with E-state index in [-0.39, 0.29) is 28.4 Å². The first kappa shape index (κ1) is 30.1. The number of hydrogen-bond donors (Lipinski definition) is 4. The third kappa shape index (κ3) is 6.23. The first-order chi connectivity index (χ1) is 18.0. The number of amides is 2. The lowest BCUT2D eigenvalue weighted by molar-refractivity contribution is -0.153. The Hall–Kier alpha value is -3.49. The number of aromatic nitrogens is 3. The van der Waals surface area contributed by atoms with Crippen LogP contribution in [-0.4, -0.2) is 85.9 Å². The third-order valence-corrected chi connectivity index (χ3v) is 6.20. The predicted molar refractivity (Wildman–Crippen MR) is 137 cm³/mol. The SMILES string of the molecule is COc1nc(C)nc2c1c(C(N)=O)cn2[C@@H]1O[C@H](COC(=O)[C@@H](NC(=O)OC(C)(C)C)C(C)C)[C@@H](O)[C@@]1(C)O. The molecule has 0 bridgehead atoms. The van der Waals surface area contributed by atoms with E-state index in [0.717, 1.165) is 0 Å². The average molecular weight is 552 g/mol. The number of carbonyl (C=O) groups excluding carboxylic acids is 3. The second-order valence-electron chi connectivity index (χ2n) is 11.0. The number of esters is 1. The van der Waals surface area contributed by atoms with Gasteiger partial charge in [0.25, 0.3) is 5.91 Å². The summed E-state index contributed by atoms with van der Waals surface area (Å²) in [7, 11) is 1.38. The van der Waals surface area contributed by atoms with Gasteiger partial charge in [-0.1, -0.05) is 13.8 Å². The summed E-state index contributed by atoms with van der Waals surface area (Å²) >= 11 is 0. The fourth-order valence-corrected chi connectivity index (χ4v) is 4.30. The highest BCUT2D eigenvalue weighted by Crippen LogP contribution is 2.41. The van der Waals surface area contributed by atoms with Gasteiger partial charge in [-0.2, -0.15) is 4.98 Å². The number of nitrogens with one attached hydrogen (secondary N) is 1. The molecule has 14 heteroatoms. The second kappa shape index (κ2) is 10.9. The van der Waals surface area contributed by atoms with Crippen LogP contribution in [0.4, 0.5) is 4.79 Å². The molecule has 3 heterocycles. The molecule has 0 saturated carbocycles. The number of carbonyl (C=O) groups is 3. The van der Waals surface area contributed by atoms with Gasteiger partial charge in [-0.05, 0) is 40.5 Å². The van der Waals surface area contributed by atoms with Crippen LogP contribution in [0.5, 0.6) is 5.88 Å². The standard InChI is InChI=1S/C25H37N5O9/c1-11(2)16(29-23(34)39-24(4,5)6)21(33)37-10-14-17(31)25(7,35)22(38-14)30-9-13(18(26)32)15-19(30)27-12(3)28-20(15)36-8/h9,11,14,16-17,22,31,35H,10H2,1-8H3,(H2,26,32)(H,29,34)/t14-,16+,17-,22-,25-/m1/s1. The largest absolute Gasteiger partial charge is 0.480 e. The predicted octanol–water partition coefficient (Wildman–Crippen LogP) is 0.949. The highest BCUT2D eigenvalue weighted by Gasteiger charge is 2.54. The molecule has 0 spiro atoms. The maximum absolute atomic E-state index is 12.8. The number of aliphatic hydroxyl groups is 2. The molecule has 2 aromatic rings. The summed E-state index contributed by atoms with van der Waals surface area (Å²) in [6.45, 7) is 11.0. The maximum atomic E-state index is 12.8. The van der Waals surface area contributed by atoms with E-state index >= 15 is 0 Å². The lowest BCUT2D eigenvalue weighted by Crippen LogP contribution is -2.48. The highest BCUT2D eigenvalue weighted by molar-refractivity contribution is 6.07. The molecule has 216 valence electrons. The van der Waals surface area contributed by atoms with Crippen LogP contribution in [0.1, 0.15) is 64.0 Å². The van der Waals surface area contributed by atoms with Crippen LogP contribution in [0, 0.1) is 12.8 Å². The fourth-order valence-electron chi connectivity index (χ4n) is 4.30. The molecule has 5 N–H and O–H groups in total.